The predicted molar refractivity (Wildman–Crippen MR) is 71.8 cm³/mol. The number of aliphatic carboxylic acids is 1. The Morgan fingerprint density at radius 1 is 1.15 bits per heavy atom. The van der Waals surface area contributed by atoms with E-state index in [1.54, 1.807) is 0 Å². The molecule has 3 N–H and O–H groups in total. The minimum Gasteiger partial charge on any atom is -0.480 e. The number of hydrogen-bond donors (Lipinski definition) is 3. The van der Waals surface area contributed by atoms with Gasteiger partial charge in [-0.2, -0.15) is 0 Å². The molecule has 0 radical (unpaired) electrons. The first-order valence-electron chi connectivity index (χ1n) is 6.33. The number of carbonyl (C=O) groups excluding carboxylic acids is 1. The highest BCUT2D eigenvalue weighted by Crippen LogP contribution is 2.10. The molecule has 108 valence electrons. The molecule has 20 heavy (non-hydrogen) atoms. The van der Waals surface area contributed by atoms with Crippen molar-refractivity contribution in [2.45, 2.75) is 32.2 Å². The Balaban J connectivity index is 2.89. The van der Waals surface area contributed by atoms with Crippen LogP contribution < -0.4 is 5.32 Å². The Bertz CT molecular complexity index is 512. The number of hydrogen-bond acceptors (Lipinski definition) is 3. The van der Waals surface area contributed by atoms with E-state index in [2.05, 4.69) is 5.32 Å². The predicted octanol–water partition coefficient (Wildman–Crippen LogP) is 1.76. The van der Waals surface area contributed by atoms with Crippen molar-refractivity contribution >= 4 is 17.8 Å². The molecule has 0 aliphatic carbocycles. The lowest BCUT2D eigenvalue weighted by molar-refractivity contribution is -0.139. The van der Waals surface area contributed by atoms with Gasteiger partial charge in [0.1, 0.15) is 6.04 Å². The second kappa shape index (κ2) is 7.28. The molecule has 0 aliphatic heterocycles. The van der Waals surface area contributed by atoms with Gasteiger partial charge in [0, 0.05) is 0 Å². The van der Waals surface area contributed by atoms with Gasteiger partial charge in [-0.1, -0.05) is 31.9 Å². The van der Waals surface area contributed by atoms with Gasteiger partial charge in [0.15, 0.2) is 0 Å². The Labute approximate surface area is 116 Å². The summed E-state index contributed by atoms with van der Waals surface area (Å²) in [4.78, 5) is 34.1. The molecule has 0 bridgehead atoms. The number of carbonyl (C=O) groups is 3. The summed E-state index contributed by atoms with van der Waals surface area (Å²) < 4.78 is 0. The third-order valence-corrected chi connectivity index (χ3v) is 2.85. The third kappa shape index (κ3) is 4.08. The van der Waals surface area contributed by atoms with Crippen molar-refractivity contribution in [1.82, 2.24) is 5.32 Å². The molecule has 1 unspecified atom stereocenters. The Morgan fingerprint density at radius 2 is 1.75 bits per heavy atom. The fraction of sp³-hybridized carbons (Fsp3) is 0.357. The topological polar surface area (TPSA) is 104 Å². The van der Waals surface area contributed by atoms with E-state index >= 15 is 0 Å². The average Bonchev–Trinajstić information content (AvgIpc) is 2.42. The van der Waals surface area contributed by atoms with Crippen LogP contribution in [0.4, 0.5) is 0 Å². The van der Waals surface area contributed by atoms with Crippen molar-refractivity contribution in [1.29, 1.82) is 0 Å². The number of carboxylic acids is 2. The van der Waals surface area contributed by atoms with Crippen molar-refractivity contribution in [3.05, 3.63) is 35.4 Å². The van der Waals surface area contributed by atoms with E-state index in [0.717, 1.165) is 6.42 Å². The molecule has 0 aliphatic rings. The smallest absolute Gasteiger partial charge is 0.336 e. The van der Waals surface area contributed by atoms with E-state index in [1.165, 1.54) is 24.3 Å². The van der Waals surface area contributed by atoms with E-state index in [1.807, 2.05) is 6.92 Å². The monoisotopic (exact) mass is 279 g/mol. The molecule has 1 atom stereocenters. The molecular formula is C14H17NO5. The minimum absolute atomic E-state index is 0.0391. The molecule has 1 amide bonds. The maximum absolute atomic E-state index is 12.0. The van der Waals surface area contributed by atoms with E-state index in [0.29, 0.717) is 12.8 Å². The first-order chi connectivity index (χ1) is 9.47. The van der Waals surface area contributed by atoms with Gasteiger partial charge in [0.2, 0.25) is 0 Å². The van der Waals surface area contributed by atoms with Crippen LogP contribution in [0.3, 0.4) is 0 Å². The van der Waals surface area contributed by atoms with Crippen LogP contribution in [0.25, 0.3) is 0 Å². The van der Waals surface area contributed by atoms with Gasteiger partial charge in [-0.15, -0.1) is 0 Å². The van der Waals surface area contributed by atoms with Crippen LogP contribution in [0.5, 0.6) is 0 Å². The molecule has 0 saturated carbocycles. The molecule has 1 rings (SSSR count). The molecule has 6 heteroatoms. The molecule has 0 fully saturated rings. The zero-order chi connectivity index (χ0) is 15.1. The van der Waals surface area contributed by atoms with E-state index in [4.69, 9.17) is 10.2 Å². The van der Waals surface area contributed by atoms with Gasteiger partial charge < -0.3 is 15.5 Å². The van der Waals surface area contributed by atoms with Gasteiger partial charge in [-0.3, -0.25) is 4.79 Å². The van der Waals surface area contributed by atoms with Crippen LogP contribution in [0.2, 0.25) is 0 Å². The number of benzene rings is 1. The van der Waals surface area contributed by atoms with Crippen molar-refractivity contribution in [3.8, 4) is 0 Å². The minimum atomic E-state index is -1.23. The summed E-state index contributed by atoms with van der Waals surface area (Å²) in [5.74, 6) is -3.04. The molecule has 1 aromatic rings. The number of aromatic carboxylic acids is 1. The molecule has 6 nitrogen and oxygen atoms in total. The van der Waals surface area contributed by atoms with Crippen LogP contribution in [0.15, 0.2) is 24.3 Å². The summed E-state index contributed by atoms with van der Waals surface area (Å²) in [5.41, 5.74) is -0.188. The standard InChI is InChI=1S/C14H17NO5/c1-2-3-8-11(14(19)20)15-12(16)9-6-4-5-7-10(9)13(17)18/h4-7,11H,2-3,8H2,1H3,(H,15,16)(H,17,18)(H,19,20). The normalized spacial score (nSPS) is 11.7. The van der Waals surface area contributed by atoms with Crippen LogP contribution >= 0.6 is 0 Å². The average molecular weight is 279 g/mol. The number of unbranched alkanes of at least 4 members (excludes halogenated alkanes) is 1. The molecular weight excluding hydrogens is 262 g/mol. The Morgan fingerprint density at radius 3 is 2.25 bits per heavy atom. The highest BCUT2D eigenvalue weighted by Gasteiger charge is 2.22. The summed E-state index contributed by atoms with van der Waals surface area (Å²) >= 11 is 0. The van der Waals surface area contributed by atoms with Gasteiger partial charge in [0.05, 0.1) is 11.1 Å². The largest absolute Gasteiger partial charge is 0.480 e. The van der Waals surface area contributed by atoms with Crippen LogP contribution in [0, 0.1) is 0 Å². The maximum Gasteiger partial charge on any atom is 0.336 e. The fourth-order valence-electron chi connectivity index (χ4n) is 1.77. The molecule has 0 aromatic heterocycles. The first kappa shape index (κ1) is 15.7. The summed E-state index contributed by atoms with van der Waals surface area (Å²) in [6, 6.07) is 4.69. The molecule has 0 spiro atoms. The van der Waals surface area contributed by atoms with Gasteiger partial charge in [-0.25, -0.2) is 9.59 Å². The number of carboxylic acid groups (broad SMARTS) is 2. The second-order valence-corrected chi connectivity index (χ2v) is 4.36. The van der Waals surface area contributed by atoms with Crippen LogP contribution in [0.1, 0.15) is 46.9 Å². The summed E-state index contributed by atoms with van der Waals surface area (Å²) in [6.07, 6.45) is 1.79. The zero-order valence-corrected chi connectivity index (χ0v) is 11.1. The van der Waals surface area contributed by atoms with E-state index in [9.17, 15) is 14.4 Å². The highest BCUT2D eigenvalue weighted by molar-refractivity contribution is 6.05. The zero-order valence-electron chi connectivity index (χ0n) is 11.1. The van der Waals surface area contributed by atoms with Gasteiger partial charge in [0.25, 0.3) is 5.91 Å². The lowest BCUT2D eigenvalue weighted by Gasteiger charge is -2.14. The quantitative estimate of drug-likeness (QED) is 0.705. The molecule has 1 aromatic carbocycles. The fourth-order valence-corrected chi connectivity index (χ4v) is 1.77. The van der Waals surface area contributed by atoms with Gasteiger partial charge >= 0.3 is 11.9 Å². The Hall–Kier alpha value is -2.37. The van der Waals surface area contributed by atoms with Crippen molar-refractivity contribution in [3.63, 3.8) is 0 Å². The molecule has 0 saturated heterocycles. The van der Waals surface area contributed by atoms with Crippen molar-refractivity contribution in [2.75, 3.05) is 0 Å². The van der Waals surface area contributed by atoms with Gasteiger partial charge in [-0.05, 0) is 18.6 Å². The lowest BCUT2D eigenvalue weighted by Crippen LogP contribution is -2.41. The van der Waals surface area contributed by atoms with Crippen LogP contribution in [-0.2, 0) is 4.79 Å². The number of rotatable bonds is 7. The summed E-state index contributed by atoms with van der Waals surface area (Å²) in [5, 5.41) is 20.4. The number of amides is 1. The summed E-state index contributed by atoms with van der Waals surface area (Å²) in [6.45, 7) is 1.92. The SMILES string of the molecule is CCCCC(NC(=O)c1ccccc1C(=O)O)C(=O)O. The lowest BCUT2D eigenvalue weighted by atomic mass is 10.1. The number of nitrogens with one attached hydrogen (secondary N) is 1. The van der Waals surface area contributed by atoms with E-state index < -0.39 is 23.9 Å². The molecule has 0 heterocycles. The van der Waals surface area contributed by atoms with E-state index in [-0.39, 0.29) is 11.1 Å². The second-order valence-electron chi connectivity index (χ2n) is 4.36. The highest BCUT2D eigenvalue weighted by atomic mass is 16.4. The summed E-state index contributed by atoms with van der Waals surface area (Å²) in [7, 11) is 0. The maximum atomic E-state index is 12.0. The van der Waals surface area contributed by atoms with Crippen LogP contribution in [-0.4, -0.2) is 34.1 Å². The third-order valence-electron chi connectivity index (χ3n) is 2.85. The Kier molecular flexibility index (Phi) is 5.71. The van der Waals surface area contributed by atoms with Crippen molar-refractivity contribution in [2.24, 2.45) is 0 Å². The first-order valence-corrected chi connectivity index (χ1v) is 6.33. The van der Waals surface area contributed by atoms with Crippen molar-refractivity contribution < 1.29 is 24.6 Å².